The van der Waals surface area contributed by atoms with E-state index in [4.69, 9.17) is 17.3 Å². The molecule has 0 radical (unpaired) electrons. The molecule has 1 aromatic heterocycles. The molecule has 0 spiro atoms. The second-order valence-corrected chi connectivity index (χ2v) is 3.59. The van der Waals surface area contributed by atoms with Gasteiger partial charge in [-0.05, 0) is 18.2 Å². The van der Waals surface area contributed by atoms with E-state index < -0.39 is 0 Å². The number of nitrogens with zero attached hydrogens (tertiary/aromatic N) is 2. The Morgan fingerprint density at radius 3 is 2.80 bits per heavy atom. The number of fused-ring (bicyclic) bond motifs is 1. The first-order valence-corrected chi connectivity index (χ1v) is 4.69. The smallest absolute Gasteiger partial charge is 0.198 e. The van der Waals surface area contributed by atoms with E-state index in [1.807, 2.05) is 0 Å². The number of anilines is 1. The van der Waals surface area contributed by atoms with Crippen LogP contribution in [-0.4, -0.2) is 15.8 Å². The van der Waals surface area contributed by atoms with Crippen molar-refractivity contribution in [3.8, 4) is 0 Å². The summed E-state index contributed by atoms with van der Waals surface area (Å²) in [6, 6.07) is 5.08. The summed E-state index contributed by atoms with van der Waals surface area (Å²) in [5, 5.41) is 1.22. The maximum absolute atomic E-state index is 11.1. The number of aromatic nitrogens is 2. The molecule has 2 aromatic rings. The van der Waals surface area contributed by atoms with E-state index in [1.165, 1.54) is 6.92 Å². The number of nitrogen functional groups attached to an aromatic ring is 1. The average molecular weight is 222 g/mol. The molecule has 0 bridgehead atoms. The van der Waals surface area contributed by atoms with Crippen LogP contribution in [0.15, 0.2) is 18.2 Å². The molecule has 5 heteroatoms. The van der Waals surface area contributed by atoms with Gasteiger partial charge in [-0.25, -0.2) is 9.97 Å². The predicted octanol–water partition coefficient (Wildman–Crippen LogP) is 2.07. The van der Waals surface area contributed by atoms with Gasteiger partial charge in [-0.15, -0.1) is 0 Å². The maximum Gasteiger partial charge on any atom is 0.198 e. The van der Waals surface area contributed by atoms with Crippen molar-refractivity contribution >= 4 is 34.1 Å². The quantitative estimate of drug-likeness (QED) is 0.749. The molecule has 0 aliphatic rings. The first-order valence-electron chi connectivity index (χ1n) is 4.31. The Balaban J connectivity index is 2.78. The van der Waals surface area contributed by atoms with Crippen LogP contribution in [0.1, 0.15) is 17.5 Å². The van der Waals surface area contributed by atoms with Crippen LogP contribution in [0.4, 0.5) is 5.82 Å². The lowest BCUT2D eigenvalue weighted by Gasteiger charge is -2.03. The minimum atomic E-state index is -0.210. The maximum atomic E-state index is 11.1. The molecule has 0 aliphatic heterocycles. The van der Waals surface area contributed by atoms with Gasteiger partial charge in [0, 0.05) is 17.3 Å². The predicted molar refractivity (Wildman–Crippen MR) is 59.0 cm³/mol. The third kappa shape index (κ3) is 1.76. The van der Waals surface area contributed by atoms with Gasteiger partial charge in [0.1, 0.15) is 5.82 Å². The fourth-order valence-corrected chi connectivity index (χ4v) is 1.45. The second kappa shape index (κ2) is 3.47. The molecule has 1 aromatic carbocycles. The summed E-state index contributed by atoms with van der Waals surface area (Å²) in [5.74, 6) is 0.188. The van der Waals surface area contributed by atoms with E-state index in [0.29, 0.717) is 15.9 Å². The highest BCUT2D eigenvalue weighted by molar-refractivity contribution is 6.31. The number of ketones is 1. The van der Waals surface area contributed by atoms with Crippen LogP contribution in [0.2, 0.25) is 5.02 Å². The molecule has 0 aliphatic carbocycles. The average Bonchev–Trinajstić information content (AvgIpc) is 2.18. The van der Waals surface area contributed by atoms with Crippen molar-refractivity contribution in [2.45, 2.75) is 6.92 Å². The molecule has 0 unspecified atom stereocenters. The molecule has 0 atom stereocenters. The Hall–Kier alpha value is -1.68. The van der Waals surface area contributed by atoms with Crippen LogP contribution in [0.25, 0.3) is 10.9 Å². The van der Waals surface area contributed by atoms with Crippen LogP contribution in [0.3, 0.4) is 0 Å². The molecule has 2 N–H and O–H groups in total. The van der Waals surface area contributed by atoms with E-state index in [2.05, 4.69) is 9.97 Å². The SMILES string of the molecule is CC(=O)c1nc(N)c2cc(Cl)ccc2n1. The lowest BCUT2D eigenvalue weighted by Crippen LogP contribution is -2.04. The second-order valence-electron chi connectivity index (χ2n) is 3.15. The zero-order valence-electron chi connectivity index (χ0n) is 7.99. The first kappa shape index (κ1) is 9.86. The van der Waals surface area contributed by atoms with E-state index in [0.717, 1.165) is 0 Å². The highest BCUT2D eigenvalue weighted by Gasteiger charge is 2.08. The van der Waals surface area contributed by atoms with Crippen molar-refractivity contribution in [3.63, 3.8) is 0 Å². The molecule has 0 fully saturated rings. The standard InChI is InChI=1S/C10H8ClN3O/c1-5(15)10-13-8-3-2-6(11)4-7(8)9(12)14-10/h2-4H,1H3,(H2,12,13,14). The van der Waals surface area contributed by atoms with Crippen LogP contribution in [0, 0.1) is 0 Å². The van der Waals surface area contributed by atoms with Crippen molar-refractivity contribution < 1.29 is 4.79 Å². The molecule has 4 nitrogen and oxygen atoms in total. The zero-order valence-corrected chi connectivity index (χ0v) is 8.75. The highest BCUT2D eigenvalue weighted by Crippen LogP contribution is 2.21. The molecule has 2 rings (SSSR count). The van der Waals surface area contributed by atoms with Crippen molar-refractivity contribution in [2.75, 3.05) is 5.73 Å². The number of halogens is 1. The van der Waals surface area contributed by atoms with E-state index in [1.54, 1.807) is 18.2 Å². The number of hydrogen-bond donors (Lipinski definition) is 1. The topological polar surface area (TPSA) is 68.9 Å². The summed E-state index contributed by atoms with van der Waals surface area (Å²) in [4.78, 5) is 19.1. The van der Waals surface area contributed by atoms with Gasteiger partial charge in [0.25, 0.3) is 0 Å². The summed E-state index contributed by atoms with van der Waals surface area (Å²) in [5.41, 5.74) is 6.32. The zero-order chi connectivity index (χ0) is 11.0. The third-order valence-corrected chi connectivity index (χ3v) is 2.24. The van der Waals surface area contributed by atoms with Gasteiger partial charge in [0.05, 0.1) is 5.52 Å². The minimum absolute atomic E-state index is 0.127. The molecule has 0 amide bonds. The minimum Gasteiger partial charge on any atom is -0.383 e. The van der Waals surface area contributed by atoms with Gasteiger partial charge >= 0.3 is 0 Å². The summed E-state index contributed by atoms with van der Waals surface area (Å²) in [6.07, 6.45) is 0. The Labute approximate surface area is 91.1 Å². The van der Waals surface area contributed by atoms with Gasteiger partial charge < -0.3 is 5.73 Å². The number of carbonyl (C=O) groups is 1. The van der Waals surface area contributed by atoms with Gasteiger partial charge in [0.15, 0.2) is 11.6 Å². The Morgan fingerprint density at radius 1 is 1.40 bits per heavy atom. The molecular weight excluding hydrogens is 214 g/mol. The van der Waals surface area contributed by atoms with Crippen LogP contribution in [0.5, 0.6) is 0 Å². The Kier molecular flexibility index (Phi) is 2.28. The first-order chi connectivity index (χ1) is 7.08. The molecule has 0 saturated carbocycles. The van der Waals surface area contributed by atoms with E-state index in [-0.39, 0.29) is 17.4 Å². The monoisotopic (exact) mass is 221 g/mol. The molecule has 15 heavy (non-hydrogen) atoms. The summed E-state index contributed by atoms with van der Waals surface area (Å²) in [6.45, 7) is 1.40. The van der Waals surface area contributed by atoms with Crippen LogP contribution >= 0.6 is 11.6 Å². The van der Waals surface area contributed by atoms with Gasteiger partial charge in [-0.2, -0.15) is 0 Å². The Bertz CT molecular complexity index is 554. The number of carbonyl (C=O) groups excluding carboxylic acids is 1. The van der Waals surface area contributed by atoms with Gasteiger partial charge in [-0.1, -0.05) is 11.6 Å². The lowest BCUT2D eigenvalue weighted by molar-refractivity contribution is 0.100. The van der Waals surface area contributed by atoms with Crippen molar-refractivity contribution in [1.82, 2.24) is 9.97 Å². The summed E-state index contributed by atoms with van der Waals surface area (Å²) in [7, 11) is 0. The van der Waals surface area contributed by atoms with Crippen LogP contribution in [-0.2, 0) is 0 Å². The number of hydrogen-bond acceptors (Lipinski definition) is 4. The van der Waals surface area contributed by atoms with Gasteiger partial charge in [0.2, 0.25) is 0 Å². The lowest BCUT2D eigenvalue weighted by atomic mass is 10.2. The van der Waals surface area contributed by atoms with Crippen LogP contribution < -0.4 is 5.73 Å². The van der Waals surface area contributed by atoms with E-state index >= 15 is 0 Å². The molecule has 76 valence electrons. The normalized spacial score (nSPS) is 10.5. The molecule has 0 saturated heterocycles. The largest absolute Gasteiger partial charge is 0.383 e. The van der Waals surface area contributed by atoms with E-state index in [9.17, 15) is 4.79 Å². The number of benzene rings is 1. The molecular formula is C10H8ClN3O. The fourth-order valence-electron chi connectivity index (χ4n) is 1.28. The third-order valence-electron chi connectivity index (χ3n) is 2.00. The van der Waals surface area contributed by atoms with Crippen molar-refractivity contribution in [2.24, 2.45) is 0 Å². The summed E-state index contributed by atoms with van der Waals surface area (Å²) < 4.78 is 0. The van der Waals surface area contributed by atoms with Crippen molar-refractivity contribution in [1.29, 1.82) is 0 Å². The number of nitrogens with two attached hydrogens (primary N) is 1. The summed E-state index contributed by atoms with van der Waals surface area (Å²) >= 11 is 5.81. The molecule has 1 heterocycles. The Morgan fingerprint density at radius 2 is 2.13 bits per heavy atom. The highest BCUT2D eigenvalue weighted by atomic mass is 35.5. The number of Topliss-reactive ketones (excluding diaryl/α,β-unsaturated/α-hetero) is 1. The van der Waals surface area contributed by atoms with Gasteiger partial charge in [-0.3, -0.25) is 4.79 Å². The number of rotatable bonds is 1. The van der Waals surface area contributed by atoms with Crippen molar-refractivity contribution in [3.05, 3.63) is 29.0 Å². The fraction of sp³-hybridized carbons (Fsp3) is 0.100.